The van der Waals surface area contributed by atoms with Crippen molar-refractivity contribution in [2.24, 2.45) is 0 Å². The predicted octanol–water partition coefficient (Wildman–Crippen LogP) is 3.27. The van der Waals surface area contributed by atoms with E-state index in [1.807, 2.05) is 24.3 Å². The van der Waals surface area contributed by atoms with Crippen LogP contribution in [0.5, 0.6) is 0 Å². The molecule has 6 heteroatoms. The molecule has 0 unspecified atom stereocenters. The first-order valence-corrected chi connectivity index (χ1v) is 8.88. The number of hydrogen-bond donors (Lipinski definition) is 0. The monoisotopic (exact) mass is 356 g/mol. The smallest absolute Gasteiger partial charge is 0.261 e. The van der Waals surface area contributed by atoms with Gasteiger partial charge in [-0.1, -0.05) is 30.3 Å². The van der Waals surface area contributed by atoms with E-state index in [-0.39, 0.29) is 11.8 Å². The minimum Gasteiger partial charge on any atom is -0.330 e. The Kier molecular flexibility index (Phi) is 3.50. The van der Waals surface area contributed by atoms with Gasteiger partial charge in [-0.05, 0) is 24.6 Å². The highest BCUT2D eigenvalue weighted by Gasteiger charge is 2.34. The lowest BCUT2D eigenvalue weighted by molar-refractivity contribution is 0.0651. The molecule has 0 saturated carbocycles. The van der Waals surface area contributed by atoms with Crippen molar-refractivity contribution in [3.63, 3.8) is 0 Å². The van der Waals surface area contributed by atoms with Gasteiger partial charge in [0.2, 0.25) is 0 Å². The van der Waals surface area contributed by atoms with Gasteiger partial charge in [0.1, 0.15) is 5.52 Å². The van der Waals surface area contributed by atoms with Crippen LogP contribution in [0.3, 0.4) is 0 Å². The number of fused-ring (bicyclic) bond motifs is 4. The Morgan fingerprint density at radius 2 is 1.48 bits per heavy atom. The first-order valence-electron chi connectivity index (χ1n) is 8.88. The SMILES string of the molecule is O=C1c2ccccc2C(=O)N1CCCn1cnc2cnc3ccccc3c21. The number of pyridine rings is 1. The molecule has 0 spiro atoms. The molecular formula is C21H16N4O2. The zero-order chi connectivity index (χ0) is 18.4. The van der Waals surface area contributed by atoms with Gasteiger partial charge >= 0.3 is 0 Å². The van der Waals surface area contributed by atoms with Gasteiger partial charge in [-0.3, -0.25) is 19.5 Å². The molecule has 1 aliphatic heterocycles. The number of aryl methyl sites for hydroxylation is 1. The number of rotatable bonds is 4. The molecular weight excluding hydrogens is 340 g/mol. The summed E-state index contributed by atoms with van der Waals surface area (Å²) in [4.78, 5) is 35.1. The molecule has 3 heterocycles. The number of amides is 2. The van der Waals surface area contributed by atoms with Gasteiger partial charge in [0.25, 0.3) is 11.8 Å². The highest BCUT2D eigenvalue weighted by atomic mass is 16.2. The van der Waals surface area contributed by atoms with Crippen molar-refractivity contribution < 1.29 is 9.59 Å². The number of para-hydroxylation sites is 1. The normalized spacial score (nSPS) is 13.7. The number of carbonyl (C=O) groups excluding carboxylic acids is 2. The quantitative estimate of drug-likeness (QED) is 0.526. The summed E-state index contributed by atoms with van der Waals surface area (Å²) in [5.74, 6) is -0.415. The summed E-state index contributed by atoms with van der Waals surface area (Å²) in [6, 6.07) is 14.9. The van der Waals surface area contributed by atoms with Crippen LogP contribution in [0.25, 0.3) is 21.9 Å². The molecule has 4 aromatic rings. The Hall–Kier alpha value is -3.54. The van der Waals surface area contributed by atoms with Crippen LogP contribution in [0.15, 0.2) is 61.1 Å². The number of benzene rings is 2. The minimum absolute atomic E-state index is 0.208. The zero-order valence-corrected chi connectivity index (χ0v) is 14.5. The second-order valence-electron chi connectivity index (χ2n) is 6.61. The van der Waals surface area contributed by atoms with Crippen molar-refractivity contribution in [1.29, 1.82) is 0 Å². The van der Waals surface area contributed by atoms with Crippen LogP contribution >= 0.6 is 0 Å². The van der Waals surface area contributed by atoms with Gasteiger partial charge in [-0.25, -0.2) is 4.98 Å². The van der Waals surface area contributed by atoms with Crippen LogP contribution in [0.1, 0.15) is 27.1 Å². The summed E-state index contributed by atoms with van der Waals surface area (Å²) in [7, 11) is 0. The minimum atomic E-state index is -0.208. The molecule has 0 bridgehead atoms. The molecule has 0 radical (unpaired) electrons. The fourth-order valence-corrected chi connectivity index (χ4v) is 3.71. The van der Waals surface area contributed by atoms with Crippen LogP contribution in [0, 0.1) is 0 Å². The summed E-state index contributed by atoms with van der Waals surface area (Å²) in [5, 5.41) is 1.05. The van der Waals surface area contributed by atoms with Crippen LogP contribution in [0.4, 0.5) is 0 Å². The largest absolute Gasteiger partial charge is 0.330 e. The number of imidazole rings is 1. The summed E-state index contributed by atoms with van der Waals surface area (Å²) < 4.78 is 2.07. The van der Waals surface area contributed by atoms with E-state index in [1.165, 1.54) is 4.90 Å². The third-order valence-corrected chi connectivity index (χ3v) is 5.01. The molecule has 6 nitrogen and oxygen atoms in total. The average molecular weight is 356 g/mol. The third-order valence-electron chi connectivity index (χ3n) is 5.01. The molecule has 5 rings (SSSR count). The van der Waals surface area contributed by atoms with E-state index in [2.05, 4.69) is 14.5 Å². The van der Waals surface area contributed by atoms with Gasteiger partial charge in [-0.15, -0.1) is 0 Å². The number of imide groups is 1. The predicted molar refractivity (Wildman–Crippen MR) is 101 cm³/mol. The highest BCUT2D eigenvalue weighted by molar-refractivity contribution is 6.21. The van der Waals surface area contributed by atoms with E-state index >= 15 is 0 Å². The maximum absolute atomic E-state index is 12.5. The van der Waals surface area contributed by atoms with Crippen LogP contribution in [-0.4, -0.2) is 37.8 Å². The number of nitrogens with zero attached hydrogens (tertiary/aromatic N) is 4. The lowest BCUT2D eigenvalue weighted by Crippen LogP contribution is -2.31. The molecule has 2 aromatic carbocycles. The van der Waals surface area contributed by atoms with Gasteiger partial charge in [0, 0.05) is 18.5 Å². The second kappa shape index (κ2) is 6.02. The van der Waals surface area contributed by atoms with Crippen molar-refractivity contribution in [1.82, 2.24) is 19.4 Å². The standard InChI is InChI=1S/C21H16N4O2/c26-20-14-6-1-2-7-15(14)21(27)25(20)11-5-10-24-13-23-18-12-22-17-9-4-3-8-16(17)19(18)24/h1-4,6-9,12-13H,5,10-11H2. The second-order valence-corrected chi connectivity index (χ2v) is 6.61. The Morgan fingerprint density at radius 1 is 0.778 bits per heavy atom. The Bertz CT molecular complexity index is 1180. The first-order chi connectivity index (χ1) is 13.2. The van der Waals surface area contributed by atoms with E-state index in [0.717, 1.165) is 21.9 Å². The molecule has 0 saturated heterocycles. The van der Waals surface area contributed by atoms with Crippen LogP contribution in [0.2, 0.25) is 0 Å². The van der Waals surface area contributed by atoms with Gasteiger partial charge in [0.15, 0.2) is 0 Å². The highest BCUT2D eigenvalue weighted by Crippen LogP contribution is 2.24. The van der Waals surface area contributed by atoms with Crippen molar-refractivity contribution >= 4 is 33.8 Å². The van der Waals surface area contributed by atoms with Gasteiger partial charge in [0.05, 0.1) is 34.7 Å². The summed E-state index contributed by atoms with van der Waals surface area (Å²) in [6.45, 7) is 1.05. The summed E-state index contributed by atoms with van der Waals surface area (Å²) in [5.41, 5.74) is 3.78. The number of carbonyl (C=O) groups is 2. The Balaban J connectivity index is 1.38. The van der Waals surface area contributed by atoms with Gasteiger partial charge < -0.3 is 4.57 Å². The lowest BCUT2D eigenvalue weighted by Gasteiger charge is -2.14. The number of hydrogen-bond acceptors (Lipinski definition) is 4. The fourth-order valence-electron chi connectivity index (χ4n) is 3.71. The maximum atomic E-state index is 12.5. The van der Waals surface area contributed by atoms with E-state index in [9.17, 15) is 9.59 Å². The Labute approximate surface area is 155 Å². The molecule has 1 aliphatic rings. The maximum Gasteiger partial charge on any atom is 0.261 e. The fraction of sp³-hybridized carbons (Fsp3) is 0.143. The number of aromatic nitrogens is 3. The molecule has 27 heavy (non-hydrogen) atoms. The summed E-state index contributed by atoms with van der Waals surface area (Å²) >= 11 is 0. The van der Waals surface area contributed by atoms with Crippen molar-refractivity contribution in [2.75, 3.05) is 6.54 Å². The molecule has 0 fully saturated rings. The van der Waals surface area contributed by atoms with Crippen molar-refractivity contribution in [3.8, 4) is 0 Å². The third kappa shape index (κ3) is 2.41. The van der Waals surface area contributed by atoms with Crippen LogP contribution < -0.4 is 0 Å². The lowest BCUT2D eigenvalue weighted by atomic mass is 10.1. The molecule has 0 aliphatic carbocycles. The van der Waals surface area contributed by atoms with Crippen molar-refractivity contribution in [3.05, 3.63) is 72.2 Å². The molecule has 0 atom stereocenters. The van der Waals surface area contributed by atoms with Crippen molar-refractivity contribution in [2.45, 2.75) is 13.0 Å². The van der Waals surface area contributed by atoms with Crippen LogP contribution in [-0.2, 0) is 6.54 Å². The van der Waals surface area contributed by atoms with E-state index in [1.54, 1.807) is 36.8 Å². The molecule has 2 aromatic heterocycles. The average Bonchev–Trinajstić information content (AvgIpc) is 3.23. The topological polar surface area (TPSA) is 68.1 Å². The van der Waals surface area contributed by atoms with E-state index < -0.39 is 0 Å². The molecule has 2 amide bonds. The van der Waals surface area contributed by atoms with E-state index in [4.69, 9.17) is 0 Å². The Morgan fingerprint density at radius 3 is 2.26 bits per heavy atom. The summed E-state index contributed by atoms with van der Waals surface area (Å²) in [6.07, 6.45) is 4.23. The zero-order valence-electron chi connectivity index (χ0n) is 14.5. The first kappa shape index (κ1) is 15.7. The van der Waals surface area contributed by atoms with Gasteiger partial charge in [-0.2, -0.15) is 0 Å². The van der Waals surface area contributed by atoms with E-state index in [0.29, 0.717) is 30.6 Å². The molecule has 0 N–H and O–H groups in total. The molecule has 132 valence electrons.